The quantitative estimate of drug-likeness (QED) is 0.456. The first-order valence-electron chi connectivity index (χ1n) is 10.7. The monoisotopic (exact) mass is 495 g/mol. The predicted octanol–water partition coefficient (Wildman–Crippen LogP) is 3.68. The molecule has 10 heteroatoms. The van der Waals surface area contributed by atoms with E-state index >= 15 is 0 Å². The Balaban J connectivity index is 1.45. The van der Waals surface area contributed by atoms with Gasteiger partial charge in [-0.2, -0.15) is 0 Å². The zero-order chi connectivity index (χ0) is 23.9. The van der Waals surface area contributed by atoms with Crippen LogP contribution in [0.5, 0.6) is 5.75 Å². The van der Waals surface area contributed by atoms with E-state index in [4.69, 9.17) is 4.74 Å². The molecule has 0 spiro atoms. The Morgan fingerprint density at radius 3 is 2.59 bits per heavy atom. The van der Waals surface area contributed by atoms with Crippen LogP contribution in [0.2, 0.25) is 0 Å². The fraction of sp³-hybridized carbons (Fsp3) is 0.167. The molecule has 1 aromatic heterocycles. The Labute approximate surface area is 200 Å². The molecule has 0 radical (unpaired) electrons. The third-order valence-corrected chi connectivity index (χ3v) is 8.35. The molecule has 0 fully saturated rings. The van der Waals surface area contributed by atoms with Gasteiger partial charge in [-0.25, -0.2) is 8.42 Å². The molecule has 1 N–H and O–H groups in total. The number of anilines is 2. The normalized spacial score (nSPS) is 15.6. The summed E-state index contributed by atoms with van der Waals surface area (Å²) in [7, 11) is -3.91. The molecule has 1 amide bonds. The molecule has 0 aliphatic carbocycles. The number of carbonyl (C=O) groups excluding carboxylic acids is 1. The molecular formula is C24H21N3O5S2. The molecule has 0 saturated carbocycles. The maximum atomic E-state index is 13.4. The Hall–Kier alpha value is -3.63. The Morgan fingerprint density at radius 2 is 1.82 bits per heavy atom. The Kier molecular flexibility index (Phi) is 5.62. The van der Waals surface area contributed by atoms with Crippen LogP contribution in [-0.4, -0.2) is 31.5 Å². The SMILES string of the molecule is CCn1c(=O)sc2cc(NC(=O)[C@@H]3CN(S(=O)(=O)c4ccccc4)c4ccccc4O3)ccc21. The molecule has 0 saturated heterocycles. The number of aryl methyl sites for hydroxylation is 1. The molecule has 3 aromatic carbocycles. The summed E-state index contributed by atoms with van der Waals surface area (Å²) in [6, 6.07) is 20.1. The van der Waals surface area contributed by atoms with Gasteiger partial charge in [0.2, 0.25) is 0 Å². The van der Waals surface area contributed by atoms with Crippen molar-refractivity contribution in [2.45, 2.75) is 24.5 Å². The van der Waals surface area contributed by atoms with Gasteiger partial charge in [-0.05, 0) is 49.4 Å². The largest absolute Gasteiger partial charge is 0.476 e. The molecule has 2 heterocycles. The zero-order valence-corrected chi connectivity index (χ0v) is 19.8. The molecule has 174 valence electrons. The van der Waals surface area contributed by atoms with E-state index in [0.717, 1.165) is 21.6 Å². The van der Waals surface area contributed by atoms with E-state index in [1.807, 2.05) is 6.92 Å². The molecule has 1 atom stereocenters. The van der Waals surface area contributed by atoms with Crippen LogP contribution in [0.15, 0.2) is 82.5 Å². The third kappa shape index (κ3) is 3.84. The highest BCUT2D eigenvalue weighted by molar-refractivity contribution is 7.92. The zero-order valence-electron chi connectivity index (χ0n) is 18.2. The van der Waals surface area contributed by atoms with Crippen molar-refractivity contribution in [1.29, 1.82) is 0 Å². The van der Waals surface area contributed by atoms with Crippen LogP contribution >= 0.6 is 11.3 Å². The lowest BCUT2D eigenvalue weighted by Gasteiger charge is -2.34. The second-order valence-electron chi connectivity index (χ2n) is 7.71. The Bertz CT molecular complexity index is 1540. The number of hydrogen-bond donors (Lipinski definition) is 1. The van der Waals surface area contributed by atoms with E-state index in [1.54, 1.807) is 65.2 Å². The number of nitrogens with zero attached hydrogens (tertiary/aromatic N) is 2. The highest BCUT2D eigenvalue weighted by atomic mass is 32.2. The van der Waals surface area contributed by atoms with Crippen molar-refractivity contribution < 1.29 is 17.9 Å². The number of amides is 1. The van der Waals surface area contributed by atoms with Gasteiger partial charge in [-0.1, -0.05) is 41.7 Å². The van der Waals surface area contributed by atoms with E-state index in [2.05, 4.69) is 5.32 Å². The van der Waals surface area contributed by atoms with Crippen LogP contribution in [0.4, 0.5) is 11.4 Å². The predicted molar refractivity (Wildman–Crippen MR) is 132 cm³/mol. The standard InChI is InChI=1S/C24H21N3O5S2/c1-2-26-19-13-12-16(14-22(19)33-24(26)29)25-23(28)21-15-27(18-10-6-7-11-20(18)32-21)34(30,31)17-8-4-3-5-9-17/h3-14,21H,2,15H2,1H3,(H,25,28)/t21-/m0/s1. The van der Waals surface area contributed by atoms with Gasteiger partial charge >= 0.3 is 4.87 Å². The van der Waals surface area contributed by atoms with Crippen LogP contribution in [0.1, 0.15) is 6.92 Å². The van der Waals surface area contributed by atoms with Gasteiger partial charge in [0.15, 0.2) is 6.10 Å². The summed E-state index contributed by atoms with van der Waals surface area (Å²) in [4.78, 5) is 25.3. The molecule has 1 aliphatic heterocycles. The summed E-state index contributed by atoms with van der Waals surface area (Å²) < 4.78 is 36.3. The maximum absolute atomic E-state index is 13.4. The number of nitrogens with one attached hydrogen (secondary N) is 1. The van der Waals surface area contributed by atoms with Crippen LogP contribution in [0.25, 0.3) is 10.2 Å². The molecular weight excluding hydrogens is 474 g/mol. The van der Waals surface area contributed by atoms with E-state index < -0.39 is 22.0 Å². The average molecular weight is 496 g/mol. The minimum Gasteiger partial charge on any atom is -0.476 e. The van der Waals surface area contributed by atoms with Gasteiger partial charge in [0.05, 0.1) is 27.3 Å². The van der Waals surface area contributed by atoms with E-state index in [9.17, 15) is 18.0 Å². The summed E-state index contributed by atoms with van der Waals surface area (Å²) >= 11 is 1.11. The smallest absolute Gasteiger partial charge is 0.308 e. The molecule has 4 aromatic rings. The molecule has 5 rings (SSSR count). The van der Waals surface area contributed by atoms with Crippen LogP contribution in [0.3, 0.4) is 0 Å². The number of fused-ring (bicyclic) bond motifs is 2. The number of sulfonamides is 1. The van der Waals surface area contributed by atoms with Crippen molar-refractivity contribution in [3.8, 4) is 5.75 Å². The van der Waals surface area contributed by atoms with E-state index in [1.165, 1.54) is 16.4 Å². The van der Waals surface area contributed by atoms with Gasteiger partial charge in [-0.15, -0.1) is 0 Å². The molecule has 8 nitrogen and oxygen atoms in total. The minimum absolute atomic E-state index is 0.0602. The van der Waals surface area contributed by atoms with Gasteiger partial charge < -0.3 is 10.1 Å². The fourth-order valence-electron chi connectivity index (χ4n) is 3.95. The lowest BCUT2D eigenvalue weighted by atomic mass is 10.2. The first kappa shape index (κ1) is 22.2. The first-order valence-corrected chi connectivity index (χ1v) is 12.9. The first-order chi connectivity index (χ1) is 16.4. The molecule has 0 bridgehead atoms. The van der Waals surface area contributed by atoms with Crippen LogP contribution in [0, 0.1) is 0 Å². The second-order valence-corrected chi connectivity index (χ2v) is 10.6. The minimum atomic E-state index is -3.91. The van der Waals surface area contributed by atoms with Gasteiger partial charge in [0.25, 0.3) is 15.9 Å². The van der Waals surface area contributed by atoms with Gasteiger partial charge in [0, 0.05) is 12.2 Å². The number of para-hydroxylation sites is 2. The lowest BCUT2D eigenvalue weighted by Crippen LogP contribution is -2.48. The van der Waals surface area contributed by atoms with E-state index in [0.29, 0.717) is 23.7 Å². The Morgan fingerprint density at radius 1 is 1.09 bits per heavy atom. The van der Waals surface area contributed by atoms with Crippen molar-refractivity contribution in [1.82, 2.24) is 4.57 Å². The van der Waals surface area contributed by atoms with Gasteiger partial charge in [-0.3, -0.25) is 18.5 Å². The fourth-order valence-corrected chi connectivity index (χ4v) is 6.44. The van der Waals surface area contributed by atoms with Crippen molar-refractivity contribution in [3.05, 3.63) is 82.5 Å². The summed E-state index contributed by atoms with van der Waals surface area (Å²) in [6.07, 6.45) is -1.07. The highest BCUT2D eigenvalue weighted by Crippen LogP contribution is 2.37. The number of aromatic nitrogens is 1. The number of thiazole rings is 1. The maximum Gasteiger partial charge on any atom is 0.308 e. The van der Waals surface area contributed by atoms with Crippen LogP contribution in [-0.2, 0) is 21.4 Å². The van der Waals surface area contributed by atoms with E-state index in [-0.39, 0.29) is 16.3 Å². The number of hydrogen-bond acceptors (Lipinski definition) is 6. The average Bonchev–Trinajstić information content (AvgIpc) is 3.17. The topological polar surface area (TPSA) is 97.7 Å². The summed E-state index contributed by atoms with van der Waals surface area (Å²) in [5.41, 5.74) is 1.68. The molecule has 0 unspecified atom stereocenters. The summed E-state index contributed by atoms with van der Waals surface area (Å²) in [5.74, 6) is -0.175. The molecule has 34 heavy (non-hydrogen) atoms. The van der Waals surface area contributed by atoms with Crippen molar-refractivity contribution >= 4 is 48.9 Å². The highest BCUT2D eigenvalue weighted by Gasteiger charge is 2.37. The van der Waals surface area contributed by atoms with Gasteiger partial charge in [0.1, 0.15) is 5.75 Å². The molecule has 1 aliphatic rings. The third-order valence-electron chi connectivity index (χ3n) is 5.61. The van der Waals surface area contributed by atoms with Crippen LogP contribution < -0.4 is 19.2 Å². The summed E-state index contributed by atoms with van der Waals surface area (Å²) in [6.45, 7) is 2.28. The van der Waals surface area contributed by atoms with Crippen molar-refractivity contribution in [3.63, 3.8) is 0 Å². The van der Waals surface area contributed by atoms with Crippen molar-refractivity contribution in [2.75, 3.05) is 16.2 Å². The number of rotatable bonds is 5. The summed E-state index contributed by atoms with van der Waals surface area (Å²) in [5, 5.41) is 2.80. The lowest BCUT2D eigenvalue weighted by molar-refractivity contribution is -0.122. The number of ether oxygens (including phenoxy) is 1. The number of benzene rings is 3. The second kappa shape index (κ2) is 8.62. The van der Waals surface area contributed by atoms with Crippen molar-refractivity contribution in [2.24, 2.45) is 0 Å². The number of carbonyl (C=O) groups is 1.